The minimum atomic E-state index is 0.0696. The Kier molecular flexibility index (Phi) is 4.70. The lowest BCUT2D eigenvalue weighted by molar-refractivity contribution is -0.133. The number of nitrogens with zero attached hydrogens (tertiary/aromatic N) is 4. The maximum Gasteiger partial charge on any atom is 0.222 e. The zero-order valence-corrected chi connectivity index (χ0v) is 12.8. The summed E-state index contributed by atoms with van der Waals surface area (Å²) >= 11 is 0. The lowest BCUT2D eigenvalue weighted by atomic mass is 9.96. The highest BCUT2D eigenvalue weighted by molar-refractivity contribution is 5.76. The molecule has 7 heteroatoms. The summed E-state index contributed by atoms with van der Waals surface area (Å²) in [7, 11) is 0. The summed E-state index contributed by atoms with van der Waals surface area (Å²) in [5.74, 6) is 0.789. The van der Waals surface area contributed by atoms with Gasteiger partial charge in [0.1, 0.15) is 0 Å². The van der Waals surface area contributed by atoms with Gasteiger partial charge in [-0.15, -0.1) is 5.10 Å². The summed E-state index contributed by atoms with van der Waals surface area (Å²) in [6.45, 7) is 3.04. The Labute approximate surface area is 130 Å². The van der Waals surface area contributed by atoms with Gasteiger partial charge in [-0.1, -0.05) is 5.21 Å². The smallest absolute Gasteiger partial charge is 0.222 e. The van der Waals surface area contributed by atoms with Crippen LogP contribution < -0.4 is 5.32 Å². The second kappa shape index (κ2) is 6.89. The Morgan fingerprint density at radius 3 is 2.73 bits per heavy atom. The lowest BCUT2D eigenvalue weighted by Crippen LogP contribution is -2.41. The molecule has 3 aliphatic rings. The molecule has 120 valence electrons. The van der Waals surface area contributed by atoms with Crippen molar-refractivity contribution in [2.45, 2.75) is 45.1 Å². The van der Waals surface area contributed by atoms with Gasteiger partial charge in [-0.3, -0.25) is 14.3 Å². The first-order valence-electron chi connectivity index (χ1n) is 8.14. The number of carbonyl (C=O) groups is 2. The molecule has 0 unspecified atom stereocenters. The first-order chi connectivity index (χ1) is 10.7. The zero-order chi connectivity index (χ0) is 15.4. The molecule has 2 amide bonds. The van der Waals surface area contributed by atoms with Crippen LogP contribution in [0.2, 0.25) is 0 Å². The molecular formula is C15H23N5O2. The van der Waals surface area contributed by atoms with Crippen molar-refractivity contribution in [3.05, 3.63) is 11.9 Å². The molecule has 22 heavy (non-hydrogen) atoms. The number of rotatable bonds is 0. The van der Waals surface area contributed by atoms with Gasteiger partial charge in [0.15, 0.2) is 0 Å². The summed E-state index contributed by atoms with van der Waals surface area (Å²) in [6.07, 6.45) is 6.25. The number of fused-ring (bicyclic) bond motifs is 9. The molecule has 1 aromatic rings. The van der Waals surface area contributed by atoms with Gasteiger partial charge in [-0.25, -0.2) is 0 Å². The number of hydrogen-bond acceptors (Lipinski definition) is 4. The van der Waals surface area contributed by atoms with Crippen LogP contribution in [0.25, 0.3) is 0 Å². The van der Waals surface area contributed by atoms with Gasteiger partial charge >= 0.3 is 0 Å². The van der Waals surface area contributed by atoms with Crippen molar-refractivity contribution >= 4 is 11.8 Å². The molecule has 0 radical (unpaired) electrons. The van der Waals surface area contributed by atoms with Crippen molar-refractivity contribution in [1.29, 1.82) is 0 Å². The molecule has 0 saturated carbocycles. The molecule has 3 aliphatic heterocycles. The van der Waals surface area contributed by atoms with E-state index in [1.165, 1.54) is 0 Å². The Bertz CT molecular complexity index is 534. The Hall–Kier alpha value is -1.92. The summed E-state index contributed by atoms with van der Waals surface area (Å²) in [5.41, 5.74) is 0.832. The standard InChI is InChI=1S/C15H23N5O2/c21-14-4-3-13-11-20(18-17-13)7-1-2-15(22)19-8-5-12(6-9-19)10-16-14/h11-12H,1-10H2,(H,16,21). The second-order valence-electron chi connectivity index (χ2n) is 6.20. The molecule has 0 aromatic carbocycles. The first-order valence-corrected chi connectivity index (χ1v) is 8.14. The fourth-order valence-electron chi connectivity index (χ4n) is 3.09. The summed E-state index contributed by atoms with van der Waals surface area (Å²) in [4.78, 5) is 26.0. The predicted octanol–water partition coefficient (Wildman–Crippen LogP) is 0.359. The molecule has 4 heterocycles. The van der Waals surface area contributed by atoms with Gasteiger partial charge < -0.3 is 10.2 Å². The van der Waals surface area contributed by atoms with Gasteiger partial charge in [0.05, 0.1) is 5.69 Å². The van der Waals surface area contributed by atoms with Crippen molar-refractivity contribution in [3.8, 4) is 0 Å². The van der Waals surface area contributed by atoms with Crippen LogP contribution in [0.1, 0.15) is 37.8 Å². The van der Waals surface area contributed by atoms with Crippen LogP contribution in [0.5, 0.6) is 0 Å². The van der Waals surface area contributed by atoms with Crippen LogP contribution in [0.15, 0.2) is 6.20 Å². The Morgan fingerprint density at radius 2 is 1.91 bits per heavy atom. The second-order valence-corrected chi connectivity index (χ2v) is 6.20. The fraction of sp³-hybridized carbons (Fsp3) is 0.733. The monoisotopic (exact) mass is 305 g/mol. The predicted molar refractivity (Wildman–Crippen MR) is 79.9 cm³/mol. The van der Waals surface area contributed by atoms with Crippen molar-refractivity contribution < 1.29 is 9.59 Å². The summed E-state index contributed by atoms with van der Waals surface area (Å²) in [6, 6.07) is 0. The van der Waals surface area contributed by atoms with E-state index in [4.69, 9.17) is 0 Å². The molecule has 4 bridgehead atoms. The van der Waals surface area contributed by atoms with Crippen molar-refractivity contribution in [2.24, 2.45) is 5.92 Å². The van der Waals surface area contributed by atoms with Crippen LogP contribution in [0, 0.1) is 5.92 Å². The third-order valence-electron chi connectivity index (χ3n) is 4.53. The molecule has 1 aromatic heterocycles. The van der Waals surface area contributed by atoms with E-state index in [0.717, 1.165) is 38.0 Å². The van der Waals surface area contributed by atoms with E-state index in [1.807, 2.05) is 11.1 Å². The molecule has 1 saturated heterocycles. The van der Waals surface area contributed by atoms with E-state index < -0.39 is 0 Å². The third-order valence-corrected chi connectivity index (χ3v) is 4.53. The molecule has 4 rings (SSSR count). The zero-order valence-electron chi connectivity index (χ0n) is 12.8. The molecule has 7 nitrogen and oxygen atoms in total. The van der Waals surface area contributed by atoms with Crippen molar-refractivity contribution in [3.63, 3.8) is 0 Å². The molecule has 0 spiro atoms. The van der Waals surface area contributed by atoms with E-state index in [2.05, 4.69) is 15.6 Å². The number of aryl methyl sites for hydroxylation is 2. The van der Waals surface area contributed by atoms with Crippen LogP contribution in [0.3, 0.4) is 0 Å². The quantitative estimate of drug-likeness (QED) is 0.750. The minimum absolute atomic E-state index is 0.0696. The number of piperidine rings is 1. The molecule has 0 atom stereocenters. The van der Waals surface area contributed by atoms with Crippen LogP contribution in [0.4, 0.5) is 0 Å². The van der Waals surface area contributed by atoms with E-state index in [-0.39, 0.29) is 11.8 Å². The average molecular weight is 305 g/mol. The van der Waals surface area contributed by atoms with Crippen LogP contribution >= 0.6 is 0 Å². The van der Waals surface area contributed by atoms with Gasteiger partial charge in [-0.05, 0) is 25.2 Å². The van der Waals surface area contributed by atoms with E-state index >= 15 is 0 Å². The van der Waals surface area contributed by atoms with Crippen molar-refractivity contribution in [2.75, 3.05) is 19.6 Å². The van der Waals surface area contributed by atoms with Gasteiger partial charge in [0.25, 0.3) is 0 Å². The largest absolute Gasteiger partial charge is 0.356 e. The van der Waals surface area contributed by atoms with E-state index in [9.17, 15) is 9.59 Å². The van der Waals surface area contributed by atoms with E-state index in [0.29, 0.717) is 38.3 Å². The fourth-order valence-corrected chi connectivity index (χ4v) is 3.09. The minimum Gasteiger partial charge on any atom is -0.356 e. The Balaban J connectivity index is 1.65. The normalized spacial score (nSPS) is 21.9. The summed E-state index contributed by atoms with van der Waals surface area (Å²) < 4.78 is 1.76. The van der Waals surface area contributed by atoms with Gasteiger partial charge in [-0.2, -0.15) is 0 Å². The number of hydrogen-bond donors (Lipinski definition) is 1. The van der Waals surface area contributed by atoms with E-state index in [1.54, 1.807) is 4.68 Å². The molecule has 1 N–H and O–H groups in total. The Morgan fingerprint density at radius 1 is 1.09 bits per heavy atom. The SMILES string of the molecule is O=C1CCc2cn(nn2)CCCC(=O)N2CCC(CC2)CN1. The maximum absolute atomic E-state index is 12.2. The number of aromatic nitrogens is 3. The number of amides is 2. The molecular weight excluding hydrogens is 282 g/mol. The van der Waals surface area contributed by atoms with Crippen LogP contribution in [-0.4, -0.2) is 51.3 Å². The highest BCUT2D eigenvalue weighted by Gasteiger charge is 2.23. The number of nitrogens with one attached hydrogen (secondary N) is 1. The van der Waals surface area contributed by atoms with Gasteiger partial charge in [0, 0.05) is 51.6 Å². The highest BCUT2D eigenvalue weighted by atomic mass is 16.2. The first kappa shape index (κ1) is 15.0. The third kappa shape index (κ3) is 3.84. The number of carbonyl (C=O) groups excluding carboxylic acids is 2. The lowest BCUT2D eigenvalue weighted by Gasteiger charge is -2.32. The maximum atomic E-state index is 12.2. The average Bonchev–Trinajstić information content (AvgIpc) is 2.98. The molecule has 0 aliphatic carbocycles. The highest BCUT2D eigenvalue weighted by Crippen LogP contribution is 2.17. The summed E-state index contributed by atoms with van der Waals surface area (Å²) in [5, 5.41) is 11.1. The topological polar surface area (TPSA) is 80.1 Å². The van der Waals surface area contributed by atoms with Crippen LogP contribution in [-0.2, 0) is 22.6 Å². The molecule has 1 fully saturated rings. The van der Waals surface area contributed by atoms with Crippen molar-refractivity contribution in [1.82, 2.24) is 25.2 Å². The van der Waals surface area contributed by atoms with Gasteiger partial charge in [0.2, 0.25) is 11.8 Å².